The van der Waals surface area contributed by atoms with Crippen LogP contribution in [0.3, 0.4) is 0 Å². The Bertz CT molecular complexity index is 759. The van der Waals surface area contributed by atoms with Crippen LogP contribution in [0.15, 0.2) is 28.9 Å². The quantitative estimate of drug-likeness (QED) is 0.457. The minimum absolute atomic E-state index is 0.207. The van der Waals surface area contributed by atoms with Crippen molar-refractivity contribution in [3.63, 3.8) is 0 Å². The average Bonchev–Trinajstić information content (AvgIpc) is 2.98. The first-order valence-corrected chi connectivity index (χ1v) is 6.84. The number of hydrogen-bond donors (Lipinski definition) is 1. The number of furan rings is 1. The minimum Gasteiger partial charge on any atom is -0.504 e. The van der Waals surface area contributed by atoms with Gasteiger partial charge in [-0.15, -0.1) is 0 Å². The van der Waals surface area contributed by atoms with E-state index in [1.807, 2.05) is 0 Å². The van der Waals surface area contributed by atoms with Crippen molar-refractivity contribution in [3.05, 3.63) is 41.6 Å². The molecule has 5 nitrogen and oxygen atoms in total. The molecule has 1 N–H and O–H groups in total. The van der Waals surface area contributed by atoms with Gasteiger partial charge < -0.3 is 14.3 Å². The summed E-state index contributed by atoms with van der Waals surface area (Å²) < 4.78 is 96.9. The van der Waals surface area contributed by atoms with Crippen molar-refractivity contribution in [2.75, 3.05) is 7.11 Å². The van der Waals surface area contributed by atoms with Crippen molar-refractivity contribution in [3.8, 4) is 0 Å². The second kappa shape index (κ2) is 7.84. The van der Waals surface area contributed by atoms with E-state index in [2.05, 4.69) is 9.15 Å². The molecule has 1 aliphatic rings. The Morgan fingerprint density at radius 3 is 2.22 bits per heavy atom. The molecule has 0 fully saturated rings. The lowest BCUT2D eigenvalue weighted by Crippen LogP contribution is -2.49. The first-order valence-electron chi connectivity index (χ1n) is 6.84. The number of halogens is 7. The first kappa shape index (κ1) is 22.3. The lowest BCUT2D eigenvalue weighted by Gasteiger charge is -2.26. The van der Waals surface area contributed by atoms with Crippen molar-refractivity contribution >= 4 is 17.8 Å². The maximum atomic E-state index is 13.3. The van der Waals surface area contributed by atoms with Crippen molar-refractivity contribution in [2.45, 2.75) is 24.4 Å². The highest BCUT2D eigenvalue weighted by atomic mass is 19.4. The fraction of sp³-hybridized carbons (Fsp3) is 0.333. The molecule has 0 amide bonds. The van der Waals surface area contributed by atoms with E-state index in [9.17, 15) is 40.3 Å². The zero-order valence-electron chi connectivity index (χ0n) is 13.3. The van der Waals surface area contributed by atoms with Crippen molar-refractivity contribution in [2.24, 2.45) is 0 Å². The second-order valence-electron chi connectivity index (χ2n) is 4.95. The summed E-state index contributed by atoms with van der Waals surface area (Å²) in [5.41, 5.74) is -0.256. The van der Waals surface area contributed by atoms with Gasteiger partial charge in [-0.25, -0.2) is 4.79 Å². The van der Waals surface area contributed by atoms with Crippen LogP contribution in [0.1, 0.15) is 28.3 Å². The summed E-state index contributed by atoms with van der Waals surface area (Å²) in [5.74, 6) is -16.3. The average molecular weight is 404 g/mol. The third-order valence-electron chi connectivity index (χ3n) is 3.02. The lowest BCUT2D eigenvalue weighted by atomic mass is 10.0. The Morgan fingerprint density at radius 1 is 1.22 bits per heavy atom. The van der Waals surface area contributed by atoms with Gasteiger partial charge in [0, 0.05) is 12.0 Å². The van der Waals surface area contributed by atoms with Crippen molar-refractivity contribution in [1.29, 1.82) is 0 Å². The number of hydrogen-bond acceptors (Lipinski definition) is 4. The van der Waals surface area contributed by atoms with E-state index in [4.69, 9.17) is 5.11 Å². The molecule has 0 aromatic carbocycles. The molecule has 12 heteroatoms. The number of carboxylic acids is 1. The Morgan fingerprint density at radius 2 is 1.81 bits per heavy atom. The molecule has 2 rings (SSSR count). The number of carboxylic acid groups (broad SMARTS) is 1. The molecule has 27 heavy (non-hydrogen) atoms. The van der Waals surface area contributed by atoms with Crippen LogP contribution >= 0.6 is 0 Å². The standard InChI is InChI=1S/C11H5F7O2.C4H6O3/c12-9(13,10(14,15)11(16,17)18)7-4-5-2-1-3-6(19)8(5)20-7;1-7-3-2-4(5)6/h1-2,4H,3H2;2-3H,1H3,(H,5,6)/b;3-2+. The molecule has 1 aromatic rings. The molecule has 0 unspecified atom stereocenters. The monoisotopic (exact) mass is 404 g/mol. The number of carbonyl (C=O) groups is 2. The normalized spacial score (nSPS) is 14.6. The van der Waals surface area contributed by atoms with Crippen LogP contribution in [-0.2, 0) is 15.5 Å². The molecule has 0 atom stereocenters. The fourth-order valence-corrected chi connectivity index (χ4v) is 1.75. The Balaban J connectivity index is 0.000000445. The summed E-state index contributed by atoms with van der Waals surface area (Å²) in [4.78, 5) is 20.9. The topological polar surface area (TPSA) is 76.7 Å². The van der Waals surface area contributed by atoms with Crippen molar-refractivity contribution < 1.29 is 54.6 Å². The molecule has 0 saturated carbocycles. The van der Waals surface area contributed by atoms with E-state index in [0.717, 1.165) is 18.4 Å². The number of alkyl halides is 7. The summed E-state index contributed by atoms with van der Waals surface area (Å²) in [6, 6.07) is 0.308. The number of aliphatic carboxylic acids is 1. The molecule has 1 aliphatic carbocycles. The largest absolute Gasteiger partial charge is 0.504 e. The van der Waals surface area contributed by atoms with E-state index in [1.165, 1.54) is 13.2 Å². The van der Waals surface area contributed by atoms with E-state index in [1.54, 1.807) is 0 Å². The van der Waals surface area contributed by atoms with E-state index < -0.39 is 41.3 Å². The Kier molecular flexibility index (Phi) is 6.46. The van der Waals surface area contributed by atoms with Crippen LogP contribution in [0.25, 0.3) is 6.08 Å². The van der Waals surface area contributed by atoms with Gasteiger partial charge >= 0.3 is 24.0 Å². The van der Waals surface area contributed by atoms with Gasteiger partial charge in [0.15, 0.2) is 11.5 Å². The van der Waals surface area contributed by atoms with Gasteiger partial charge in [0.2, 0.25) is 5.78 Å². The maximum absolute atomic E-state index is 13.3. The molecule has 1 aromatic heterocycles. The van der Waals surface area contributed by atoms with Crippen LogP contribution in [0.4, 0.5) is 30.7 Å². The molecule has 0 bridgehead atoms. The lowest BCUT2D eigenvalue weighted by molar-refractivity contribution is -0.363. The molecular formula is C15H11F7O5. The van der Waals surface area contributed by atoms with Crippen LogP contribution in [0, 0.1) is 0 Å². The van der Waals surface area contributed by atoms with Gasteiger partial charge in [-0.3, -0.25) is 4.79 Å². The first-order chi connectivity index (χ1) is 12.3. The summed E-state index contributed by atoms with van der Waals surface area (Å²) in [7, 11) is 1.39. The molecule has 150 valence electrons. The molecule has 0 aliphatic heterocycles. The van der Waals surface area contributed by atoms with Gasteiger partial charge in [0.25, 0.3) is 0 Å². The van der Waals surface area contributed by atoms with E-state index in [0.29, 0.717) is 6.07 Å². The van der Waals surface area contributed by atoms with Crippen molar-refractivity contribution in [1.82, 2.24) is 0 Å². The number of fused-ring (bicyclic) bond motifs is 1. The van der Waals surface area contributed by atoms with Crippen LogP contribution in [0.2, 0.25) is 0 Å². The van der Waals surface area contributed by atoms with Gasteiger partial charge in [-0.1, -0.05) is 12.2 Å². The third-order valence-corrected chi connectivity index (χ3v) is 3.02. The third kappa shape index (κ3) is 4.68. The maximum Gasteiger partial charge on any atom is 0.460 e. The van der Waals surface area contributed by atoms with Crippen LogP contribution in [-0.4, -0.2) is 36.1 Å². The number of ketones is 1. The van der Waals surface area contributed by atoms with E-state index in [-0.39, 0.29) is 12.0 Å². The van der Waals surface area contributed by atoms with E-state index >= 15 is 0 Å². The molecule has 1 heterocycles. The molecular weight excluding hydrogens is 393 g/mol. The fourth-order valence-electron chi connectivity index (χ4n) is 1.75. The predicted molar refractivity (Wildman–Crippen MR) is 75.4 cm³/mol. The highest BCUT2D eigenvalue weighted by Gasteiger charge is 2.75. The Labute approximate surface area is 146 Å². The van der Waals surface area contributed by atoms with Gasteiger partial charge in [0.05, 0.1) is 19.4 Å². The van der Waals surface area contributed by atoms with Gasteiger partial charge in [-0.2, -0.15) is 30.7 Å². The number of carbonyl (C=O) groups excluding carboxylic acids is 1. The second-order valence-corrected chi connectivity index (χ2v) is 4.95. The number of Topliss-reactive ketones (excluding diaryl/α,β-unsaturated/α-hetero) is 1. The highest BCUT2D eigenvalue weighted by Crippen LogP contribution is 2.52. The van der Waals surface area contributed by atoms with Crippen LogP contribution < -0.4 is 0 Å². The molecule has 0 radical (unpaired) electrons. The zero-order valence-corrected chi connectivity index (χ0v) is 13.3. The summed E-state index contributed by atoms with van der Waals surface area (Å²) >= 11 is 0. The molecule has 0 saturated heterocycles. The Hall–Kier alpha value is -2.79. The highest BCUT2D eigenvalue weighted by molar-refractivity contribution is 6.00. The van der Waals surface area contributed by atoms with Gasteiger partial charge in [-0.05, 0) is 6.07 Å². The summed E-state index contributed by atoms with van der Waals surface area (Å²) in [6.07, 6.45) is -2.26. The van der Waals surface area contributed by atoms with Crippen LogP contribution in [0.5, 0.6) is 0 Å². The number of methoxy groups -OCH3 is 1. The summed E-state index contributed by atoms with van der Waals surface area (Å²) in [5, 5.41) is 7.88. The number of rotatable bonds is 4. The minimum atomic E-state index is -6.45. The smallest absolute Gasteiger partial charge is 0.460 e. The summed E-state index contributed by atoms with van der Waals surface area (Å²) in [6.45, 7) is 0. The number of allylic oxidation sites excluding steroid dienone is 1. The predicted octanol–water partition coefficient (Wildman–Crippen LogP) is 4.40. The molecule has 0 spiro atoms. The van der Waals surface area contributed by atoms with Gasteiger partial charge in [0.1, 0.15) is 0 Å². The zero-order chi connectivity index (χ0) is 21.0. The number of ether oxygens (including phenoxy) is 1. The SMILES string of the molecule is CO/C=C/C(=O)O.O=C1CC=Cc2cc(C(F)(F)C(F)(F)C(F)(F)F)oc21.